The van der Waals surface area contributed by atoms with Gasteiger partial charge in [0, 0.05) is 30.0 Å². The number of nitrogens with zero attached hydrogens (tertiary/aromatic N) is 2. The fourth-order valence-corrected chi connectivity index (χ4v) is 4.76. The van der Waals surface area contributed by atoms with Crippen LogP contribution in [0.4, 0.5) is 5.69 Å². The van der Waals surface area contributed by atoms with Crippen molar-refractivity contribution in [2.24, 2.45) is 0 Å². The first-order valence-corrected chi connectivity index (χ1v) is 11.5. The molecule has 1 aliphatic heterocycles. The summed E-state index contributed by atoms with van der Waals surface area (Å²) >= 11 is 0. The molecule has 0 saturated heterocycles. The summed E-state index contributed by atoms with van der Waals surface area (Å²) in [6, 6.07) is 21.5. The van der Waals surface area contributed by atoms with E-state index >= 15 is 0 Å². The molecule has 1 aliphatic carbocycles. The Morgan fingerprint density at radius 3 is 2.35 bits per heavy atom. The number of nitrogens with one attached hydrogen (secondary N) is 1. The molecule has 34 heavy (non-hydrogen) atoms. The highest BCUT2D eigenvalue weighted by Crippen LogP contribution is 2.46. The first-order chi connectivity index (χ1) is 16.6. The number of aromatic nitrogens is 2. The van der Waals surface area contributed by atoms with E-state index < -0.39 is 11.7 Å². The summed E-state index contributed by atoms with van der Waals surface area (Å²) < 4.78 is 13.6. The first kappa shape index (κ1) is 20.5. The van der Waals surface area contributed by atoms with E-state index in [1.54, 1.807) is 48.5 Å². The molecule has 1 aromatic heterocycles. The third-order valence-electron chi connectivity index (χ3n) is 6.43. The molecule has 6 rings (SSSR count). The molecule has 1 fully saturated rings. The molecule has 7 nitrogen and oxygen atoms in total. The van der Waals surface area contributed by atoms with Crippen molar-refractivity contribution in [2.45, 2.75) is 37.9 Å². The quantitative estimate of drug-likeness (QED) is 0.468. The molecule has 0 radical (unpaired) electrons. The highest BCUT2D eigenvalue weighted by atomic mass is 16.7. The summed E-state index contributed by atoms with van der Waals surface area (Å²) in [7, 11) is 0. The average Bonchev–Trinajstić information content (AvgIpc) is 3.21. The van der Waals surface area contributed by atoms with Gasteiger partial charge in [0.05, 0.1) is 11.1 Å². The molecule has 1 saturated carbocycles. The fourth-order valence-electron chi connectivity index (χ4n) is 4.76. The van der Waals surface area contributed by atoms with Crippen LogP contribution in [0.2, 0.25) is 0 Å². The van der Waals surface area contributed by atoms with E-state index in [1.807, 2.05) is 24.3 Å². The zero-order valence-electron chi connectivity index (χ0n) is 18.5. The third kappa shape index (κ3) is 3.50. The standard InChI is InChI=1S/C27H23N3O4/c31-25(28-18-13-14-22-23(17-18)34-27(33-22)15-7-2-8-16-27)24-20-11-5-6-12-21(20)26(32)30(29-24)19-9-3-1-4-10-19/h1,3-6,9-14,17H,2,7-8,15-16H2,(H,28,31). The molecular weight excluding hydrogens is 430 g/mol. The Hall–Kier alpha value is -4.13. The minimum atomic E-state index is -0.577. The number of ether oxygens (including phenoxy) is 2. The van der Waals surface area contributed by atoms with Crippen molar-refractivity contribution >= 4 is 22.4 Å². The third-order valence-corrected chi connectivity index (χ3v) is 6.43. The lowest BCUT2D eigenvalue weighted by atomic mass is 9.94. The first-order valence-electron chi connectivity index (χ1n) is 11.5. The maximum absolute atomic E-state index is 13.4. The number of amides is 1. The van der Waals surface area contributed by atoms with Gasteiger partial charge in [-0.25, -0.2) is 0 Å². The number of hydrogen-bond acceptors (Lipinski definition) is 5. The van der Waals surface area contributed by atoms with Crippen molar-refractivity contribution < 1.29 is 14.3 Å². The predicted molar refractivity (Wildman–Crippen MR) is 129 cm³/mol. The highest BCUT2D eigenvalue weighted by molar-refractivity contribution is 6.11. The van der Waals surface area contributed by atoms with Crippen LogP contribution in [0.5, 0.6) is 11.5 Å². The largest absolute Gasteiger partial charge is 0.448 e. The Balaban J connectivity index is 1.35. The highest BCUT2D eigenvalue weighted by Gasteiger charge is 2.42. The number of anilines is 1. The lowest BCUT2D eigenvalue weighted by Gasteiger charge is -2.31. The van der Waals surface area contributed by atoms with Gasteiger partial charge in [-0.2, -0.15) is 9.78 Å². The van der Waals surface area contributed by atoms with Crippen molar-refractivity contribution in [3.8, 4) is 17.2 Å². The lowest BCUT2D eigenvalue weighted by molar-refractivity contribution is -0.105. The molecule has 1 N–H and O–H groups in total. The Kier molecular flexibility index (Phi) is 4.83. The van der Waals surface area contributed by atoms with Gasteiger partial charge >= 0.3 is 0 Å². The molecular formula is C27H23N3O4. The van der Waals surface area contributed by atoms with Crippen LogP contribution in [-0.2, 0) is 0 Å². The minimum absolute atomic E-state index is 0.167. The summed E-state index contributed by atoms with van der Waals surface area (Å²) in [6.07, 6.45) is 5.07. The van der Waals surface area contributed by atoms with Crippen LogP contribution in [0, 0.1) is 0 Å². The molecule has 1 amide bonds. The normalized spacial score (nSPS) is 16.0. The fraction of sp³-hybridized carbons (Fsp3) is 0.222. The van der Waals surface area contributed by atoms with E-state index in [-0.39, 0.29) is 11.3 Å². The average molecular weight is 453 g/mol. The number of fused-ring (bicyclic) bond motifs is 2. The second kappa shape index (κ2) is 8.02. The summed E-state index contributed by atoms with van der Waals surface area (Å²) in [5.74, 6) is 0.339. The van der Waals surface area contributed by atoms with Crippen LogP contribution < -0.4 is 20.3 Å². The topological polar surface area (TPSA) is 82.4 Å². The smallest absolute Gasteiger partial charge is 0.279 e. The van der Waals surface area contributed by atoms with Gasteiger partial charge in [0.25, 0.3) is 17.3 Å². The van der Waals surface area contributed by atoms with Crippen molar-refractivity contribution in [3.63, 3.8) is 0 Å². The van der Waals surface area contributed by atoms with E-state index in [0.717, 1.165) is 25.7 Å². The Bertz CT molecular complexity index is 1460. The van der Waals surface area contributed by atoms with Crippen LogP contribution >= 0.6 is 0 Å². The van der Waals surface area contributed by atoms with E-state index in [9.17, 15) is 9.59 Å². The van der Waals surface area contributed by atoms with E-state index in [0.29, 0.717) is 33.6 Å². The molecule has 4 aromatic rings. The monoisotopic (exact) mass is 453 g/mol. The molecule has 2 heterocycles. The van der Waals surface area contributed by atoms with E-state index in [1.165, 1.54) is 11.1 Å². The van der Waals surface area contributed by atoms with Gasteiger partial charge in [0.1, 0.15) is 0 Å². The van der Waals surface area contributed by atoms with Crippen LogP contribution in [0.25, 0.3) is 16.5 Å². The summed E-state index contributed by atoms with van der Waals surface area (Å²) in [5.41, 5.74) is 1.05. The van der Waals surface area contributed by atoms with Crippen LogP contribution in [-0.4, -0.2) is 21.5 Å². The van der Waals surface area contributed by atoms with Gasteiger partial charge in [-0.1, -0.05) is 42.8 Å². The van der Waals surface area contributed by atoms with Gasteiger partial charge < -0.3 is 14.8 Å². The van der Waals surface area contributed by atoms with Gasteiger partial charge in [0.15, 0.2) is 17.2 Å². The number of hydrogen-bond donors (Lipinski definition) is 1. The number of carbonyl (C=O) groups is 1. The summed E-state index contributed by atoms with van der Waals surface area (Å²) in [6.45, 7) is 0. The molecule has 3 aromatic carbocycles. The molecule has 0 bridgehead atoms. The number of para-hydroxylation sites is 1. The van der Waals surface area contributed by atoms with Crippen molar-refractivity contribution in [1.82, 2.24) is 9.78 Å². The Labute approximate surface area is 195 Å². The van der Waals surface area contributed by atoms with E-state index in [2.05, 4.69) is 10.4 Å². The van der Waals surface area contributed by atoms with Crippen molar-refractivity contribution in [2.75, 3.05) is 5.32 Å². The molecule has 2 aliphatic rings. The number of rotatable bonds is 3. The van der Waals surface area contributed by atoms with Crippen LogP contribution in [0.1, 0.15) is 42.6 Å². The SMILES string of the molecule is O=C(Nc1ccc2c(c1)OC1(CCCCC1)O2)c1nn(-c2ccccc2)c(=O)c2ccccc12. The van der Waals surface area contributed by atoms with Gasteiger partial charge in [-0.05, 0) is 43.2 Å². The molecule has 0 unspecified atom stereocenters. The van der Waals surface area contributed by atoms with Crippen molar-refractivity contribution in [3.05, 3.63) is 88.8 Å². The summed E-state index contributed by atoms with van der Waals surface area (Å²) in [5, 5.41) is 8.29. The minimum Gasteiger partial charge on any atom is -0.448 e. The van der Waals surface area contributed by atoms with Crippen molar-refractivity contribution in [1.29, 1.82) is 0 Å². The molecule has 0 atom stereocenters. The zero-order valence-corrected chi connectivity index (χ0v) is 18.5. The van der Waals surface area contributed by atoms with E-state index in [4.69, 9.17) is 9.47 Å². The maximum Gasteiger partial charge on any atom is 0.279 e. The zero-order chi connectivity index (χ0) is 23.1. The lowest BCUT2D eigenvalue weighted by Crippen LogP contribution is -2.40. The Morgan fingerprint density at radius 2 is 1.56 bits per heavy atom. The predicted octanol–water partition coefficient (Wildman–Crippen LogP) is 5.07. The second-order valence-corrected chi connectivity index (χ2v) is 8.74. The number of benzene rings is 3. The van der Waals surface area contributed by atoms with Gasteiger partial charge in [0.2, 0.25) is 0 Å². The molecule has 7 heteroatoms. The molecule has 170 valence electrons. The van der Waals surface area contributed by atoms with Crippen LogP contribution in [0.3, 0.4) is 0 Å². The second-order valence-electron chi connectivity index (χ2n) is 8.74. The summed E-state index contributed by atoms with van der Waals surface area (Å²) in [4.78, 5) is 26.4. The Morgan fingerprint density at radius 1 is 0.853 bits per heavy atom. The maximum atomic E-state index is 13.4. The molecule has 1 spiro atoms. The van der Waals surface area contributed by atoms with Gasteiger partial charge in [-0.15, -0.1) is 0 Å². The van der Waals surface area contributed by atoms with Gasteiger partial charge in [-0.3, -0.25) is 9.59 Å². The van der Waals surface area contributed by atoms with Crippen LogP contribution in [0.15, 0.2) is 77.6 Å². The number of carbonyl (C=O) groups excluding carboxylic acids is 1.